The minimum absolute atomic E-state index is 0.452. The van der Waals surface area contributed by atoms with Gasteiger partial charge in [-0.1, -0.05) is 48.5 Å². The molecule has 5 nitrogen and oxygen atoms in total. The van der Waals surface area contributed by atoms with Crippen LogP contribution in [-0.2, 0) is 13.2 Å². The van der Waals surface area contributed by atoms with Crippen LogP contribution in [0.3, 0.4) is 0 Å². The molecule has 4 rings (SSSR count). The van der Waals surface area contributed by atoms with E-state index < -0.39 is 0 Å². The molecule has 4 aromatic rings. The molecule has 0 saturated carbocycles. The summed E-state index contributed by atoms with van der Waals surface area (Å²) >= 11 is 0. The Morgan fingerprint density at radius 1 is 1.00 bits per heavy atom. The lowest BCUT2D eigenvalue weighted by molar-refractivity contribution is 0.269. The van der Waals surface area contributed by atoms with Crippen LogP contribution < -0.4 is 9.47 Å². The highest BCUT2D eigenvalue weighted by Crippen LogP contribution is 2.30. The van der Waals surface area contributed by atoms with E-state index in [9.17, 15) is 5.26 Å². The number of allylic oxidation sites excluding steroid dienone is 1. The lowest BCUT2D eigenvalue weighted by Gasteiger charge is -2.13. The number of ether oxygens (including phenoxy) is 2. The molecule has 0 amide bonds. The average molecular weight is 409 g/mol. The van der Waals surface area contributed by atoms with Gasteiger partial charge >= 0.3 is 0 Å². The van der Waals surface area contributed by atoms with E-state index in [0.29, 0.717) is 36.8 Å². The normalized spacial score (nSPS) is 11.3. The number of imidazole rings is 1. The monoisotopic (exact) mass is 409 g/mol. The minimum Gasteiger partial charge on any atom is -0.490 e. The number of benzene rings is 3. The van der Waals surface area contributed by atoms with E-state index in [1.807, 2.05) is 90.4 Å². The van der Waals surface area contributed by atoms with Crippen molar-refractivity contribution in [2.75, 3.05) is 6.61 Å². The zero-order chi connectivity index (χ0) is 21.5. The summed E-state index contributed by atoms with van der Waals surface area (Å²) < 4.78 is 13.7. The molecule has 31 heavy (non-hydrogen) atoms. The first kappa shape index (κ1) is 20.2. The molecule has 0 bridgehead atoms. The van der Waals surface area contributed by atoms with Gasteiger partial charge in [-0.05, 0) is 48.4 Å². The Hall–Kier alpha value is -4.04. The second-order valence-corrected chi connectivity index (χ2v) is 7.06. The quantitative estimate of drug-likeness (QED) is 0.354. The van der Waals surface area contributed by atoms with Gasteiger partial charge in [0.1, 0.15) is 6.61 Å². The fraction of sp³-hybridized carbons (Fsp3) is 0.154. The number of hydrogen-bond acceptors (Lipinski definition) is 4. The molecule has 5 heteroatoms. The van der Waals surface area contributed by atoms with Crippen LogP contribution in [0.25, 0.3) is 17.1 Å². The van der Waals surface area contributed by atoms with E-state index in [2.05, 4.69) is 11.1 Å². The molecule has 0 aliphatic carbocycles. The van der Waals surface area contributed by atoms with E-state index in [1.165, 1.54) is 0 Å². The van der Waals surface area contributed by atoms with Gasteiger partial charge in [0.15, 0.2) is 11.5 Å². The Labute approximate surface area is 181 Å². The maximum atomic E-state index is 9.69. The van der Waals surface area contributed by atoms with E-state index in [0.717, 1.165) is 22.2 Å². The summed E-state index contributed by atoms with van der Waals surface area (Å²) in [7, 11) is 0. The Kier molecular flexibility index (Phi) is 6.29. The molecular formula is C26H23N3O2. The molecule has 154 valence electrons. The lowest BCUT2D eigenvalue weighted by Crippen LogP contribution is -2.00. The Balaban J connectivity index is 1.55. The fourth-order valence-electron chi connectivity index (χ4n) is 3.37. The maximum Gasteiger partial charge on any atom is 0.161 e. The molecule has 0 radical (unpaired) electrons. The highest BCUT2D eigenvalue weighted by molar-refractivity contribution is 5.75. The Morgan fingerprint density at radius 3 is 2.61 bits per heavy atom. The molecule has 1 aromatic heterocycles. The third kappa shape index (κ3) is 4.93. The molecule has 0 aliphatic heterocycles. The number of aromatic nitrogens is 2. The third-order valence-electron chi connectivity index (χ3n) is 4.86. The summed E-state index contributed by atoms with van der Waals surface area (Å²) in [6.45, 7) is 3.38. The molecule has 0 saturated heterocycles. The van der Waals surface area contributed by atoms with Crippen molar-refractivity contribution >= 4 is 17.1 Å². The summed E-state index contributed by atoms with van der Waals surface area (Å²) in [5, 5.41) is 9.69. The number of nitrogens with zero attached hydrogens (tertiary/aromatic N) is 3. The van der Waals surface area contributed by atoms with Crippen LogP contribution in [0, 0.1) is 11.3 Å². The van der Waals surface area contributed by atoms with Gasteiger partial charge in [0.25, 0.3) is 0 Å². The van der Waals surface area contributed by atoms with E-state index in [4.69, 9.17) is 9.47 Å². The number of para-hydroxylation sites is 2. The smallest absolute Gasteiger partial charge is 0.161 e. The van der Waals surface area contributed by atoms with Crippen LogP contribution in [0.15, 0.2) is 84.7 Å². The van der Waals surface area contributed by atoms with Gasteiger partial charge in [-0.25, -0.2) is 4.98 Å². The first-order valence-corrected chi connectivity index (χ1v) is 10.2. The largest absolute Gasteiger partial charge is 0.490 e. The Morgan fingerprint density at radius 2 is 1.81 bits per heavy atom. The predicted molar refractivity (Wildman–Crippen MR) is 122 cm³/mol. The molecular weight excluding hydrogens is 386 g/mol. The van der Waals surface area contributed by atoms with Gasteiger partial charge in [0, 0.05) is 5.57 Å². The standard InChI is InChI=1S/C26H23N3O2/c1-2-30-26-15-21(12-13-25(26)31-18-20-8-4-3-5-9-20)14-22(16-27)17-29-19-28-23-10-6-7-11-24(23)29/h3-15,19H,2,17-18H2,1H3/b22-14-. The van der Waals surface area contributed by atoms with Crippen molar-refractivity contribution in [1.29, 1.82) is 5.26 Å². The van der Waals surface area contributed by atoms with Gasteiger partial charge in [-0.2, -0.15) is 5.26 Å². The van der Waals surface area contributed by atoms with Crippen molar-refractivity contribution < 1.29 is 9.47 Å². The first-order chi connectivity index (χ1) is 15.3. The molecule has 0 atom stereocenters. The van der Waals surface area contributed by atoms with Crippen LogP contribution in [0.4, 0.5) is 0 Å². The highest BCUT2D eigenvalue weighted by atomic mass is 16.5. The van der Waals surface area contributed by atoms with Crippen LogP contribution in [-0.4, -0.2) is 16.2 Å². The SMILES string of the molecule is CCOc1cc(/C=C(/C#N)Cn2cnc3ccccc32)ccc1OCc1ccccc1. The van der Waals surface area contributed by atoms with Crippen LogP contribution in [0.5, 0.6) is 11.5 Å². The van der Waals surface area contributed by atoms with Crippen molar-refractivity contribution in [1.82, 2.24) is 9.55 Å². The summed E-state index contributed by atoms with van der Waals surface area (Å²) in [6, 6.07) is 25.9. The lowest BCUT2D eigenvalue weighted by atomic mass is 10.1. The molecule has 0 N–H and O–H groups in total. The predicted octanol–water partition coefficient (Wildman–Crippen LogP) is 5.62. The number of hydrogen-bond donors (Lipinski definition) is 0. The maximum absolute atomic E-state index is 9.69. The van der Waals surface area contributed by atoms with Gasteiger partial charge in [-0.3, -0.25) is 0 Å². The summed E-state index contributed by atoms with van der Waals surface area (Å²) in [4.78, 5) is 4.40. The number of nitriles is 1. The second-order valence-electron chi connectivity index (χ2n) is 7.06. The third-order valence-corrected chi connectivity index (χ3v) is 4.86. The first-order valence-electron chi connectivity index (χ1n) is 10.2. The van der Waals surface area contributed by atoms with Crippen LogP contribution >= 0.6 is 0 Å². The molecule has 1 heterocycles. The van der Waals surface area contributed by atoms with E-state index in [-0.39, 0.29) is 0 Å². The molecule has 3 aromatic carbocycles. The fourth-order valence-corrected chi connectivity index (χ4v) is 3.37. The number of fused-ring (bicyclic) bond motifs is 1. The molecule has 0 fully saturated rings. The summed E-state index contributed by atoms with van der Waals surface area (Å²) in [5.41, 5.74) is 4.52. The van der Waals surface area contributed by atoms with Gasteiger partial charge in [-0.15, -0.1) is 0 Å². The average Bonchev–Trinajstić information content (AvgIpc) is 3.22. The summed E-state index contributed by atoms with van der Waals surface area (Å²) in [5.74, 6) is 1.35. The van der Waals surface area contributed by atoms with Crippen molar-refractivity contribution in [3.8, 4) is 17.6 Å². The van der Waals surface area contributed by atoms with Crippen molar-refractivity contribution in [3.05, 3.63) is 95.8 Å². The Bertz CT molecular complexity index is 1240. The van der Waals surface area contributed by atoms with E-state index in [1.54, 1.807) is 6.33 Å². The molecule has 0 spiro atoms. The van der Waals surface area contributed by atoms with Crippen LogP contribution in [0.2, 0.25) is 0 Å². The molecule has 0 aliphatic rings. The van der Waals surface area contributed by atoms with Gasteiger partial charge < -0.3 is 14.0 Å². The van der Waals surface area contributed by atoms with E-state index >= 15 is 0 Å². The second kappa shape index (κ2) is 9.64. The zero-order valence-electron chi connectivity index (χ0n) is 17.4. The van der Waals surface area contributed by atoms with Crippen molar-refractivity contribution in [2.45, 2.75) is 20.1 Å². The van der Waals surface area contributed by atoms with Crippen LogP contribution in [0.1, 0.15) is 18.1 Å². The van der Waals surface area contributed by atoms with Crippen molar-refractivity contribution in [3.63, 3.8) is 0 Å². The topological polar surface area (TPSA) is 60.1 Å². The summed E-state index contributed by atoms with van der Waals surface area (Å²) in [6.07, 6.45) is 3.64. The van der Waals surface area contributed by atoms with Crippen molar-refractivity contribution in [2.24, 2.45) is 0 Å². The van der Waals surface area contributed by atoms with Gasteiger partial charge in [0.2, 0.25) is 0 Å². The minimum atomic E-state index is 0.452. The zero-order valence-corrected chi connectivity index (χ0v) is 17.4. The number of rotatable bonds is 8. The molecule has 0 unspecified atom stereocenters. The highest BCUT2D eigenvalue weighted by Gasteiger charge is 2.09. The van der Waals surface area contributed by atoms with Gasteiger partial charge in [0.05, 0.1) is 36.6 Å².